The molecule has 1 aromatic carbocycles. The van der Waals surface area contributed by atoms with Gasteiger partial charge in [0.1, 0.15) is 0 Å². The van der Waals surface area contributed by atoms with Crippen molar-refractivity contribution in [2.24, 2.45) is 0 Å². The Morgan fingerprint density at radius 2 is 2.17 bits per heavy atom. The minimum atomic E-state index is -0.402. The molecule has 1 aromatic rings. The predicted molar refractivity (Wildman–Crippen MR) is 76.5 cm³/mol. The topological polar surface area (TPSA) is 61.4 Å². The second-order valence-electron chi connectivity index (χ2n) is 4.42. The van der Waals surface area contributed by atoms with E-state index in [2.05, 4.69) is 26.6 Å². The monoisotopic (exact) mass is 314 g/mol. The summed E-state index contributed by atoms with van der Waals surface area (Å²) in [6, 6.07) is 7.51. The summed E-state index contributed by atoms with van der Waals surface area (Å²) in [6.07, 6.45) is -0.0280. The molecular weight excluding hydrogens is 296 g/mol. The minimum absolute atomic E-state index is 0.0340. The van der Waals surface area contributed by atoms with Gasteiger partial charge in [-0.25, -0.2) is 0 Å². The third-order valence-corrected chi connectivity index (χ3v) is 2.85. The maximum Gasteiger partial charge on any atom is 0.225 e. The molecule has 0 saturated heterocycles. The molecule has 0 bridgehead atoms. The summed E-state index contributed by atoms with van der Waals surface area (Å²) in [6.45, 7) is 4.12. The van der Waals surface area contributed by atoms with Crippen LogP contribution in [0.3, 0.4) is 0 Å². The molecule has 0 saturated carbocycles. The van der Waals surface area contributed by atoms with E-state index in [-0.39, 0.29) is 11.9 Å². The molecule has 3 N–H and O–H groups in total. The van der Waals surface area contributed by atoms with Crippen molar-refractivity contribution in [1.82, 2.24) is 5.32 Å². The fourth-order valence-electron chi connectivity index (χ4n) is 1.50. The number of rotatable bonds is 6. The fourth-order valence-corrected chi connectivity index (χ4v) is 1.90. The summed E-state index contributed by atoms with van der Waals surface area (Å²) in [7, 11) is 0. The van der Waals surface area contributed by atoms with Gasteiger partial charge in [-0.3, -0.25) is 4.79 Å². The smallest absolute Gasteiger partial charge is 0.225 e. The number of amides is 1. The van der Waals surface area contributed by atoms with Crippen molar-refractivity contribution >= 4 is 27.5 Å². The van der Waals surface area contributed by atoms with Crippen molar-refractivity contribution in [3.8, 4) is 0 Å². The van der Waals surface area contributed by atoms with Crippen LogP contribution in [0.5, 0.6) is 0 Å². The average Bonchev–Trinajstić information content (AvgIpc) is 2.26. The van der Waals surface area contributed by atoms with E-state index in [0.29, 0.717) is 13.0 Å². The van der Waals surface area contributed by atoms with Gasteiger partial charge in [-0.2, -0.15) is 0 Å². The third kappa shape index (κ3) is 6.14. The number of hydrogen-bond acceptors (Lipinski definition) is 3. The van der Waals surface area contributed by atoms with Gasteiger partial charge in [0.15, 0.2) is 0 Å². The highest BCUT2D eigenvalue weighted by Gasteiger charge is 2.09. The number of hydrogen-bond donors (Lipinski definition) is 3. The van der Waals surface area contributed by atoms with Crippen molar-refractivity contribution in [3.63, 3.8) is 0 Å². The summed E-state index contributed by atoms with van der Waals surface area (Å²) < 4.78 is 0.931. The number of benzene rings is 1. The maximum atomic E-state index is 11.7. The first kappa shape index (κ1) is 15.1. The van der Waals surface area contributed by atoms with Crippen LogP contribution in [-0.2, 0) is 4.79 Å². The lowest BCUT2D eigenvalue weighted by Crippen LogP contribution is -2.35. The summed E-state index contributed by atoms with van der Waals surface area (Å²) in [5.41, 5.74) is 0.775. The van der Waals surface area contributed by atoms with Crippen molar-refractivity contribution in [2.75, 3.05) is 11.9 Å². The zero-order valence-electron chi connectivity index (χ0n) is 10.6. The Kier molecular flexibility index (Phi) is 6.32. The molecule has 0 aromatic heterocycles. The van der Waals surface area contributed by atoms with Crippen LogP contribution in [0.1, 0.15) is 20.3 Å². The highest BCUT2D eigenvalue weighted by atomic mass is 79.9. The predicted octanol–water partition coefficient (Wildman–Crippen LogP) is 2.14. The van der Waals surface area contributed by atoms with E-state index in [1.54, 1.807) is 6.92 Å². The number of aliphatic hydroxyl groups excluding tert-OH is 1. The van der Waals surface area contributed by atoms with E-state index in [1.807, 2.05) is 31.2 Å². The van der Waals surface area contributed by atoms with E-state index in [4.69, 9.17) is 5.11 Å². The second-order valence-corrected chi connectivity index (χ2v) is 5.34. The van der Waals surface area contributed by atoms with Crippen LogP contribution < -0.4 is 10.6 Å². The van der Waals surface area contributed by atoms with Gasteiger partial charge in [-0.1, -0.05) is 22.0 Å². The molecule has 0 aliphatic heterocycles. The van der Waals surface area contributed by atoms with Crippen molar-refractivity contribution in [1.29, 1.82) is 0 Å². The van der Waals surface area contributed by atoms with Crippen molar-refractivity contribution < 1.29 is 9.90 Å². The first-order valence-corrected chi connectivity index (χ1v) is 6.73. The van der Waals surface area contributed by atoms with Crippen LogP contribution in [-0.4, -0.2) is 29.7 Å². The lowest BCUT2D eigenvalue weighted by molar-refractivity contribution is -0.116. The van der Waals surface area contributed by atoms with Gasteiger partial charge in [-0.15, -0.1) is 0 Å². The van der Waals surface area contributed by atoms with Gasteiger partial charge >= 0.3 is 0 Å². The van der Waals surface area contributed by atoms with Gasteiger partial charge in [0, 0.05) is 29.2 Å². The molecule has 2 unspecified atom stereocenters. The van der Waals surface area contributed by atoms with Crippen LogP contribution in [0.4, 0.5) is 5.69 Å². The normalized spacial score (nSPS) is 14.0. The van der Waals surface area contributed by atoms with Crippen LogP contribution in [0.15, 0.2) is 28.7 Å². The van der Waals surface area contributed by atoms with Gasteiger partial charge in [-0.05, 0) is 32.0 Å². The Labute approximate surface area is 116 Å². The number of halogens is 1. The largest absolute Gasteiger partial charge is 0.392 e. The fraction of sp³-hybridized carbons (Fsp3) is 0.462. The summed E-state index contributed by atoms with van der Waals surface area (Å²) in [5, 5.41) is 15.1. The zero-order valence-corrected chi connectivity index (χ0v) is 12.2. The molecule has 1 rings (SSSR count). The standard InChI is InChI=1S/C13H19BrN2O2/c1-9(15-8-10(2)17)6-13(18)16-12-5-3-4-11(14)7-12/h3-5,7,9-10,15,17H,6,8H2,1-2H3,(H,16,18). The average molecular weight is 315 g/mol. The van der Waals surface area contributed by atoms with Gasteiger partial charge in [0.25, 0.3) is 0 Å². The molecular formula is C13H19BrN2O2. The molecule has 0 spiro atoms. The summed E-state index contributed by atoms with van der Waals surface area (Å²) in [4.78, 5) is 11.7. The molecule has 0 radical (unpaired) electrons. The van der Waals surface area contributed by atoms with Crippen molar-refractivity contribution in [2.45, 2.75) is 32.4 Å². The first-order valence-electron chi connectivity index (χ1n) is 5.94. The minimum Gasteiger partial charge on any atom is -0.392 e. The van der Waals surface area contributed by atoms with Crippen LogP contribution in [0, 0.1) is 0 Å². The Morgan fingerprint density at radius 3 is 2.78 bits per heavy atom. The quantitative estimate of drug-likeness (QED) is 0.754. The highest BCUT2D eigenvalue weighted by Crippen LogP contribution is 2.15. The number of carbonyl (C=O) groups excluding carboxylic acids is 1. The van der Waals surface area contributed by atoms with Crippen LogP contribution in [0.25, 0.3) is 0 Å². The molecule has 1 amide bonds. The first-order chi connectivity index (χ1) is 8.47. The van der Waals surface area contributed by atoms with Crippen LogP contribution in [0.2, 0.25) is 0 Å². The summed E-state index contributed by atoms with van der Waals surface area (Å²) >= 11 is 3.35. The molecule has 0 heterocycles. The number of nitrogens with one attached hydrogen (secondary N) is 2. The van der Waals surface area contributed by atoms with Gasteiger partial charge in [0.05, 0.1) is 6.10 Å². The van der Waals surface area contributed by atoms with E-state index in [9.17, 15) is 4.79 Å². The molecule has 100 valence electrons. The molecule has 0 fully saturated rings. The maximum absolute atomic E-state index is 11.7. The SMILES string of the molecule is CC(O)CNC(C)CC(=O)Nc1cccc(Br)c1. The second kappa shape index (κ2) is 7.51. The Hall–Kier alpha value is -0.910. The molecule has 0 aliphatic rings. The highest BCUT2D eigenvalue weighted by molar-refractivity contribution is 9.10. The van der Waals surface area contributed by atoms with E-state index >= 15 is 0 Å². The van der Waals surface area contributed by atoms with Gasteiger partial charge in [0.2, 0.25) is 5.91 Å². The van der Waals surface area contributed by atoms with Crippen LogP contribution >= 0.6 is 15.9 Å². The number of anilines is 1. The Bertz CT molecular complexity index is 396. The summed E-state index contributed by atoms with van der Waals surface area (Å²) in [5.74, 6) is -0.0429. The van der Waals surface area contributed by atoms with E-state index < -0.39 is 6.10 Å². The molecule has 5 heteroatoms. The van der Waals surface area contributed by atoms with Crippen molar-refractivity contribution in [3.05, 3.63) is 28.7 Å². The number of carbonyl (C=O) groups is 1. The third-order valence-electron chi connectivity index (χ3n) is 2.36. The van der Waals surface area contributed by atoms with E-state index in [0.717, 1.165) is 10.2 Å². The number of aliphatic hydroxyl groups is 1. The Balaban J connectivity index is 2.37. The Morgan fingerprint density at radius 1 is 1.44 bits per heavy atom. The lowest BCUT2D eigenvalue weighted by Gasteiger charge is -2.15. The zero-order chi connectivity index (χ0) is 13.5. The van der Waals surface area contributed by atoms with E-state index in [1.165, 1.54) is 0 Å². The lowest BCUT2D eigenvalue weighted by atomic mass is 10.2. The molecule has 4 nitrogen and oxygen atoms in total. The van der Waals surface area contributed by atoms with Gasteiger partial charge < -0.3 is 15.7 Å². The molecule has 2 atom stereocenters. The molecule has 18 heavy (non-hydrogen) atoms. The molecule has 0 aliphatic carbocycles.